The molecule has 0 spiro atoms. The summed E-state index contributed by atoms with van der Waals surface area (Å²) >= 11 is 0. The summed E-state index contributed by atoms with van der Waals surface area (Å²) in [6.45, 7) is 8.85. The summed E-state index contributed by atoms with van der Waals surface area (Å²) < 4.78 is 28.5. The van der Waals surface area contributed by atoms with Crippen LogP contribution in [-0.4, -0.2) is 65.6 Å². The fraction of sp³-hybridized carbons (Fsp3) is 0.615. The van der Waals surface area contributed by atoms with Gasteiger partial charge in [0, 0.05) is 38.5 Å². The molecule has 36 heavy (non-hydrogen) atoms. The molecule has 0 fully saturated rings. The third-order valence-corrected chi connectivity index (χ3v) is 8.23. The number of aliphatic carboxylic acids is 1. The van der Waals surface area contributed by atoms with Crippen LogP contribution >= 0.6 is 0 Å². The van der Waals surface area contributed by atoms with Crippen molar-refractivity contribution < 1.29 is 37.4 Å². The minimum absolute atomic E-state index is 0.383. The summed E-state index contributed by atoms with van der Waals surface area (Å²) in [5, 5.41) is 11.4. The maximum atomic E-state index is 11.9. The Kier molecular flexibility index (Phi) is 17.3. The van der Waals surface area contributed by atoms with Crippen molar-refractivity contribution in [1.82, 2.24) is 5.32 Å². The molecule has 1 amide bonds. The highest BCUT2D eigenvalue weighted by atomic mass is 28.4. The molecule has 204 valence electrons. The van der Waals surface area contributed by atoms with Gasteiger partial charge in [-0.3, -0.25) is 0 Å². The van der Waals surface area contributed by atoms with Crippen molar-refractivity contribution in [3.63, 3.8) is 0 Å². The highest BCUT2D eigenvalue weighted by Crippen LogP contribution is 2.18. The number of carboxylic acid groups (broad SMARTS) is 1. The number of rotatable bonds is 21. The molecule has 0 bridgehead atoms. The number of nitrogens with one attached hydrogen (secondary N) is 1. The third-order valence-electron chi connectivity index (χ3n) is 5.07. The van der Waals surface area contributed by atoms with E-state index in [-0.39, 0.29) is 0 Å². The van der Waals surface area contributed by atoms with E-state index in [9.17, 15) is 9.59 Å². The fourth-order valence-electron chi connectivity index (χ4n) is 3.52. The Bertz CT molecular complexity index is 757. The Hall–Kier alpha value is -2.40. The number of ether oxygens (including phenoxy) is 2. The summed E-state index contributed by atoms with van der Waals surface area (Å²) in [5.41, 5.74) is 1.000. The van der Waals surface area contributed by atoms with Crippen molar-refractivity contribution >= 4 is 20.9 Å². The highest BCUT2D eigenvalue weighted by molar-refractivity contribution is 6.60. The van der Waals surface area contributed by atoms with Gasteiger partial charge in [-0.2, -0.15) is 0 Å². The minimum atomic E-state index is -2.67. The van der Waals surface area contributed by atoms with Crippen molar-refractivity contribution in [2.45, 2.75) is 65.3 Å². The van der Waals surface area contributed by atoms with Crippen LogP contribution in [0.25, 0.3) is 0 Å². The summed E-state index contributed by atoms with van der Waals surface area (Å²) in [4.78, 5) is 22.4. The molecule has 0 atom stereocenters. The number of carbonyl (C=O) groups excluding carboxylic acids is 1. The molecular weight excluding hydrogens is 482 g/mol. The SMILES string of the molecule is CCO[Si](CCCNC(=O)OCCCCCCOc1cccc(CC=CC(=O)O)c1)(OCC)OCC. The zero-order valence-corrected chi connectivity index (χ0v) is 23.0. The molecule has 0 aliphatic rings. The molecular formula is C26H43NO8Si. The van der Waals surface area contributed by atoms with E-state index in [1.165, 1.54) is 0 Å². The standard InChI is InChI=1S/C26H43NO8Si/c1-4-33-36(34-5-2,35-6-3)21-13-18-27-26(30)32-20-10-8-7-9-19-31-24-16-11-14-23(22-24)15-12-17-25(28)29/h11-12,14,16-17,22H,4-10,13,15,18-21H2,1-3H3,(H,27,30)(H,28,29). The maximum Gasteiger partial charge on any atom is 0.500 e. The summed E-state index contributed by atoms with van der Waals surface area (Å²) in [6, 6.07) is 8.30. The van der Waals surface area contributed by atoms with Gasteiger partial charge in [-0.05, 0) is 77.0 Å². The third kappa shape index (κ3) is 14.9. The lowest BCUT2D eigenvalue weighted by Gasteiger charge is -2.28. The maximum absolute atomic E-state index is 11.9. The van der Waals surface area contributed by atoms with Crippen LogP contribution in [0, 0.1) is 0 Å². The predicted molar refractivity (Wildman–Crippen MR) is 140 cm³/mol. The molecule has 10 heteroatoms. The first-order valence-electron chi connectivity index (χ1n) is 12.9. The molecule has 0 heterocycles. The molecule has 1 rings (SSSR count). The Morgan fingerprint density at radius 2 is 1.61 bits per heavy atom. The Labute approximate surface area is 216 Å². The van der Waals surface area contributed by atoms with E-state index < -0.39 is 20.9 Å². The molecule has 0 aromatic heterocycles. The van der Waals surface area contributed by atoms with Gasteiger partial charge in [0.25, 0.3) is 0 Å². The molecule has 2 N–H and O–H groups in total. The van der Waals surface area contributed by atoms with Crippen molar-refractivity contribution in [2.75, 3.05) is 39.6 Å². The summed E-state index contributed by atoms with van der Waals surface area (Å²) in [5.74, 6) is -0.171. The Morgan fingerprint density at radius 3 is 2.25 bits per heavy atom. The smallest absolute Gasteiger partial charge is 0.494 e. The normalized spacial score (nSPS) is 11.5. The minimum Gasteiger partial charge on any atom is -0.494 e. The lowest BCUT2D eigenvalue weighted by Crippen LogP contribution is -2.46. The van der Waals surface area contributed by atoms with E-state index in [4.69, 9.17) is 27.9 Å². The van der Waals surface area contributed by atoms with E-state index in [2.05, 4.69) is 5.32 Å². The van der Waals surface area contributed by atoms with Gasteiger partial charge in [-0.15, -0.1) is 0 Å². The van der Waals surface area contributed by atoms with Crippen LogP contribution in [0.15, 0.2) is 36.4 Å². The number of allylic oxidation sites excluding steroid dienone is 1. The number of carbonyl (C=O) groups is 2. The largest absolute Gasteiger partial charge is 0.500 e. The average Bonchev–Trinajstić information content (AvgIpc) is 2.84. The van der Waals surface area contributed by atoms with Gasteiger partial charge in [0.2, 0.25) is 0 Å². The summed E-state index contributed by atoms with van der Waals surface area (Å²) in [6.07, 6.45) is 7.22. The second-order valence-electron chi connectivity index (χ2n) is 8.00. The Balaban J connectivity index is 2.10. The van der Waals surface area contributed by atoms with Crippen molar-refractivity contribution in [3.8, 4) is 5.75 Å². The molecule has 0 saturated heterocycles. The van der Waals surface area contributed by atoms with Gasteiger partial charge >= 0.3 is 20.9 Å². The van der Waals surface area contributed by atoms with Crippen molar-refractivity contribution in [2.24, 2.45) is 0 Å². The number of hydrogen-bond acceptors (Lipinski definition) is 7. The number of carboxylic acids is 1. The molecule has 0 aliphatic heterocycles. The van der Waals surface area contributed by atoms with Crippen molar-refractivity contribution in [1.29, 1.82) is 0 Å². The number of amides is 1. The lowest BCUT2D eigenvalue weighted by atomic mass is 10.1. The molecule has 9 nitrogen and oxygen atoms in total. The van der Waals surface area contributed by atoms with Crippen LogP contribution < -0.4 is 10.1 Å². The lowest BCUT2D eigenvalue weighted by molar-refractivity contribution is -0.131. The predicted octanol–water partition coefficient (Wildman–Crippen LogP) is 4.97. The molecule has 0 radical (unpaired) electrons. The quantitative estimate of drug-likeness (QED) is 0.131. The zero-order valence-electron chi connectivity index (χ0n) is 22.0. The van der Waals surface area contributed by atoms with E-state index in [1.807, 2.05) is 45.0 Å². The van der Waals surface area contributed by atoms with Gasteiger partial charge in [0.15, 0.2) is 0 Å². The van der Waals surface area contributed by atoms with Crippen LogP contribution in [0.2, 0.25) is 6.04 Å². The number of benzene rings is 1. The van der Waals surface area contributed by atoms with Gasteiger partial charge in [-0.25, -0.2) is 9.59 Å². The second-order valence-corrected chi connectivity index (χ2v) is 10.7. The topological polar surface area (TPSA) is 113 Å². The Morgan fingerprint density at radius 1 is 0.944 bits per heavy atom. The number of alkyl carbamates (subject to hydrolysis) is 1. The van der Waals surface area contributed by atoms with Crippen LogP contribution in [0.4, 0.5) is 4.79 Å². The van der Waals surface area contributed by atoms with Gasteiger partial charge < -0.3 is 33.2 Å². The van der Waals surface area contributed by atoms with E-state index in [0.717, 1.165) is 43.1 Å². The molecule has 0 saturated carbocycles. The highest BCUT2D eigenvalue weighted by Gasteiger charge is 2.39. The fourth-order valence-corrected chi connectivity index (χ4v) is 6.13. The first-order chi connectivity index (χ1) is 17.4. The number of hydrogen-bond donors (Lipinski definition) is 2. The van der Waals surface area contributed by atoms with E-state index in [0.29, 0.717) is 58.5 Å². The van der Waals surface area contributed by atoms with Crippen LogP contribution in [0.3, 0.4) is 0 Å². The molecule has 0 aliphatic carbocycles. The van der Waals surface area contributed by atoms with E-state index >= 15 is 0 Å². The van der Waals surface area contributed by atoms with Crippen LogP contribution in [-0.2, 0) is 29.2 Å². The monoisotopic (exact) mass is 525 g/mol. The van der Waals surface area contributed by atoms with Crippen LogP contribution in [0.1, 0.15) is 58.4 Å². The number of unbranched alkanes of at least 4 members (excludes halogenated alkanes) is 3. The molecule has 1 aromatic carbocycles. The first-order valence-corrected chi connectivity index (χ1v) is 14.8. The van der Waals surface area contributed by atoms with Gasteiger partial charge in [0.05, 0.1) is 13.2 Å². The van der Waals surface area contributed by atoms with Gasteiger partial charge in [0.1, 0.15) is 5.75 Å². The van der Waals surface area contributed by atoms with Gasteiger partial charge in [-0.1, -0.05) is 18.2 Å². The second kappa shape index (κ2) is 19.7. The summed E-state index contributed by atoms with van der Waals surface area (Å²) in [7, 11) is -2.67. The molecule has 1 aromatic rings. The van der Waals surface area contributed by atoms with E-state index in [1.54, 1.807) is 6.08 Å². The first kappa shape index (κ1) is 31.6. The molecule has 0 unspecified atom stereocenters. The van der Waals surface area contributed by atoms with Crippen molar-refractivity contribution in [3.05, 3.63) is 42.0 Å². The zero-order chi connectivity index (χ0) is 26.5. The van der Waals surface area contributed by atoms with Crippen LogP contribution in [0.5, 0.6) is 5.75 Å². The average molecular weight is 526 g/mol.